The number of rotatable bonds is 2. The Kier molecular flexibility index (Phi) is 3.82. The second-order valence-electron chi connectivity index (χ2n) is 4.12. The van der Waals surface area contributed by atoms with E-state index < -0.39 is 0 Å². The minimum Gasteiger partial charge on any atom is -0.396 e. The highest BCUT2D eigenvalue weighted by molar-refractivity contribution is 6.03. The molecule has 2 rings (SSSR count). The number of amides is 2. The van der Waals surface area contributed by atoms with Gasteiger partial charge in [-0.1, -0.05) is 6.07 Å². The number of carbonyl (C=O) groups excluding carboxylic acids is 1. The number of hydrogen-bond donors (Lipinski definition) is 2. The van der Waals surface area contributed by atoms with Crippen LogP contribution in [0.15, 0.2) is 42.7 Å². The molecule has 0 radical (unpaired) electrons. The van der Waals surface area contributed by atoms with Crippen LogP contribution in [0.5, 0.6) is 0 Å². The fourth-order valence-electron chi connectivity index (χ4n) is 1.69. The van der Waals surface area contributed by atoms with Gasteiger partial charge < -0.3 is 11.1 Å². The molecule has 0 bridgehead atoms. The molecular formula is C14H13N5O. The number of nitrogens with one attached hydrogen (secondary N) is 1. The van der Waals surface area contributed by atoms with Crippen LogP contribution in [-0.2, 0) is 0 Å². The van der Waals surface area contributed by atoms with Gasteiger partial charge in [0.25, 0.3) is 0 Å². The standard InChI is InChI=1S/C14H13N5O/c1-19(13-5-6-17-9-12(13)16)14(20)18-11-4-2-3-10(7-11)8-15/h2-7,9H,16H2,1H3,(H,18,20). The van der Waals surface area contributed by atoms with Crippen molar-refractivity contribution in [3.63, 3.8) is 0 Å². The van der Waals surface area contributed by atoms with E-state index in [2.05, 4.69) is 10.3 Å². The van der Waals surface area contributed by atoms with Gasteiger partial charge in [0.05, 0.1) is 29.2 Å². The van der Waals surface area contributed by atoms with E-state index in [1.165, 1.54) is 11.1 Å². The fraction of sp³-hybridized carbons (Fsp3) is 0.0714. The molecule has 0 saturated heterocycles. The van der Waals surface area contributed by atoms with Crippen molar-refractivity contribution in [2.24, 2.45) is 0 Å². The molecule has 0 atom stereocenters. The number of nitrogens with two attached hydrogens (primary N) is 1. The number of nitriles is 1. The summed E-state index contributed by atoms with van der Waals surface area (Å²) in [6.45, 7) is 0. The number of nitrogens with zero attached hydrogens (tertiary/aromatic N) is 3. The Morgan fingerprint density at radius 1 is 1.45 bits per heavy atom. The fourth-order valence-corrected chi connectivity index (χ4v) is 1.69. The average molecular weight is 267 g/mol. The molecule has 0 aliphatic carbocycles. The number of nitrogen functional groups attached to an aromatic ring is 1. The summed E-state index contributed by atoms with van der Waals surface area (Å²) in [7, 11) is 1.61. The van der Waals surface area contributed by atoms with E-state index in [1.807, 2.05) is 6.07 Å². The van der Waals surface area contributed by atoms with Gasteiger partial charge in [-0.3, -0.25) is 9.88 Å². The summed E-state index contributed by atoms with van der Waals surface area (Å²) in [5.74, 6) is 0. The molecule has 20 heavy (non-hydrogen) atoms. The number of pyridine rings is 1. The number of anilines is 3. The summed E-state index contributed by atoms with van der Waals surface area (Å²) in [5.41, 5.74) is 7.78. The van der Waals surface area contributed by atoms with E-state index in [1.54, 1.807) is 43.6 Å². The average Bonchev–Trinajstić information content (AvgIpc) is 2.47. The molecule has 0 spiro atoms. The zero-order valence-corrected chi connectivity index (χ0v) is 10.9. The molecule has 1 heterocycles. The van der Waals surface area contributed by atoms with Crippen LogP contribution in [-0.4, -0.2) is 18.1 Å². The van der Waals surface area contributed by atoms with E-state index in [4.69, 9.17) is 11.0 Å². The van der Waals surface area contributed by atoms with E-state index in [9.17, 15) is 4.79 Å². The van der Waals surface area contributed by atoms with Crippen LogP contribution in [0.2, 0.25) is 0 Å². The first-order valence-corrected chi connectivity index (χ1v) is 5.86. The molecule has 6 nitrogen and oxygen atoms in total. The summed E-state index contributed by atoms with van der Waals surface area (Å²) in [5, 5.41) is 11.5. The van der Waals surface area contributed by atoms with Crippen molar-refractivity contribution in [3.05, 3.63) is 48.3 Å². The van der Waals surface area contributed by atoms with Crippen LogP contribution in [0.3, 0.4) is 0 Å². The molecule has 0 unspecified atom stereocenters. The first-order chi connectivity index (χ1) is 9.61. The Labute approximate surface area is 116 Å². The van der Waals surface area contributed by atoms with Gasteiger partial charge in [0, 0.05) is 18.9 Å². The minimum atomic E-state index is -0.349. The van der Waals surface area contributed by atoms with Crippen LogP contribution in [0.25, 0.3) is 0 Å². The van der Waals surface area contributed by atoms with Crippen molar-refractivity contribution < 1.29 is 4.79 Å². The number of aromatic nitrogens is 1. The van der Waals surface area contributed by atoms with Crippen molar-refractivity contribution in [2.75, 3.05) is 23.0 Å². The van der Waals surface area contributed by atoms with Crippen molar-refractivity contribution in [1.82, 2.24) is 4.98 Å². The van der Waals surface area contributed by atoms with Gasteiger partial charge in [0.2, 0.25) is 0 Å². The third-order valence-electron chi connectivity index (χ3n) is 2.74. The van der Waals surface area contributed by atoms with Crippen LogP contribution in [0, 0.1) is 11.3 Å². The molecule has 1 aromatic heterocycles. The maximum Gasteiger partial charge on any atom is 0.326 e. The number of carbonyl (C=O) groups is 1. The quantitative estimate of drug-likeness (QED) is 0.872. The van der Waals surface area contributed by atoms with Crippen LogP contribution < -0.4 is 16.0 Å². The van der Waals surface area contributed by atoms with Crippen molar-refractivity contribution in [2.45, 2.75) is 0 Å². The van der Waals surface area contributed by atoms with Gasteiger partial charge in [-0.05, 0) is 24.3 Å². The second kappa shape index (κ2) is 5.71. The lowest BCUT2D eigenvalue weighted by Gasteiger charge is -2.19. The van der Waals surface area contributed by atoms with Crippen LogP contribution >= 0.6 is 0 Å². The summed E-state index contributed by atoms with van der Waals surface area (Å²) in [6, 6.07) is 10.0. The van der Waals surface area contributed by atoms with E-state index >= 15 is 0 Å². The molecule has 6 heteroatoms. The zero-order valence-electron chi connectivity index (χ0n) is 10.9. The molecule has 100 valence electrons. The number of urea groups is 1. The molecule has 3 N–H and O–H groups in total. The van der Waals surface area contributed by atoms with Gasteiger partial charge in [0.15, 0.2) is 0 Å². The molecule has 1 aromatic carbocycles. The largest absolute Gasteiger partial charge is 0.396 e. The highest BCUT2D eigenvalue weighted by Gasteiger charge is 2.13. The van der Waals surface area contributed by atoms with Crippen LogP contribution in [0.1, 0.15) is 5.56 Å². The van der Waals surface area contributed by atoms with Crippen molar-refractivity contribution >= 4 is 23.1 Å². The Morgan fingerprint density at radius 2 is 2.25 bits per heavy atom. The topological polar surface area (TPSA) is 95.0 Å². The molecule has 2 aromatic rings. The minimum absolute atomic E-state index is 0.349. The van der Waals surface area contributed by atoms with Crippen molar-refractivity contribution in [3.8, 4) is 6.07 Å². The van der Waals surface area contributed by atoms with Gasteiger partial charge in [0.1, 0.15) is 0 Å². The predicted octanol–water partition coefficient (Wildman–Crippen LogP) is 2.20. The van der Waals surface area contributed by atoms with Gasteiger partial charge in [-0.2, -0.15) is 5.26 Å². The Bertz CT molecular complexity index is 677. The van der Waals surface area contributed by atoms with Gasteiger partial charge in [-0.15, -0.1) is 0 Å². The lowest BCUT2D eigenvalue weighted by Crippen LogP contribution is -2.31. The smallest absolute Gasteiger partial charge is 0.326 e. The molecular weight excluding hydrogens is 254 g/mol. The highest BCUT2D eigenvalue weighted by atomic mass is 16.2. The van der Waals surface area contributed by atoms with E-state index in [-0.39, 0.29) is 6.03 Å². The Balaban J connectivity index is 2.16. The molecule has 0 fully saturated rings. The molecule has 0 aliphatic heterocycles. The number of hydrogen-bond acceptors (Lipinski definition) is 4. The summed E-state index contributed by atoms with van der Waals surface area (Å²) >= 11 is 0. The zero-order chi connectivity index (χ0) is 14.5. The van der Waals surface area contributed by atoms with Crippen LogP contribution in [0.4, 0.5) is 21.9 Å². The second-order valence-corrected chi connectivity index (χ2v) is 4.12. The van der Waals surface area contributed by atoms with E-state index in [0.717, 1.165) is 0 Å². The third kappa shape index (κ3) is 2.84. The monoisotopic (exact) mass is 267 g/mol. The molecule has 0 saturated carbocycles. The highest BCUT2D eigenvalue weighted by Crippen LogP contribution is 2.21. The Morgan fingerprint density at radius 3 is 2.95 bits per heavy atom. The van der Waals surface area contributed by atoms with Crippen molar-refractivity contribution in [1.29, 1.82) is 5.26 Å². The van der Waals surface area contributed by atoms with Gasteiger partial charge in [-0.25, -0.2) is 4.79 Å². The first-order valence-electron chi connectivity index (χ1n) is 5.86. The normalized spacial score (nSPS) is 9.60. The molecule has 0 aliphatic rings. The summed E-state index contributed by atoms with van der Waals surface area (Å²) < 4.78 is 0. The maximum atomic E-state index is 12.1. The Hall–Kier alpha value is -3.07. The predicted molar refractivity (Wildman–Crippen MR) is 77.2 cm³/mol. The van der Waals surface area contributed by atoms with Gasteiger partial charge >= 0.3 is 6.03 Å². The molecule has 2 amide bonds. The summed E-state index contributed by atoms with van der Waals surface area (Å²) in [4.78, 5) is 17.4. The lowest BCUT2D eigenvalue weighted by molar-refractivity contribution is 0.258. The summed E-state index contributed by atoms with van der Waals surface area (Å²) in [6.07, 6.45) is 3.04. The maximum absolute atomic E-state index is 12.1. The SMILES string of the molecule is CN(C(=O)Nc1cccc(C#N)c1)c1ccncc1N. The number of benzene rings is 1. The lowest BCUT2D eigenvalue weighted by atomic mass is 10.2. The first kappa shape index (κ1) is 13.4. The van der Waals surface area contributed by atoms with E-state index in [0.29, 0.717) is 22.6 Å². The third-order valence-corrected chi connectivity index (χ3v) is 2.74.